The van der Waals surface area contributed by atoms with Gasteiger partial charge in [-0.1, -0.05) is 32.9 Å². The molecule has 1 N–H and O–H groups in total. The Bertz CT molecular complexity index is 987. The quantitative estimate of drug-likeness (QED) is 0.419. The molecule has 0 spiro atoms. The van der Waals surface area contributed by atoms with Crippen molar-refractivity contribution in [3.05, 3.63) is 35.1 Å². The maximum absolute atomic E-state index is 14.2. The molecule has 0 radical (unpaired) electrons. The highest BCUT2D eigenvalue weighted by atomic mass is 28.3. The second kappa shape index (κ2) is 8.19. The number of benzene rings is 1. The zero-order valence-corrected chi connectivity index (χ0v) is 20.4. The van der Waals surface area contributed by atoms with Crippen molar-refractivity contribution in [2.24, 2.45) is 17.3 Å². The van der Waals surface area contributed by atoms with Crippen LogP contribution >= 0.6 is 0 Å². The minimum absolute atomic E-state index is 0.212. The van der Waals surface area contributed by atoms with Gasteiger partial charge in [0.15, 0.2) is 14.8 Å². The van der Waals surface area contributed by atoms with E-state index in [9.17, 15) is 28.7 Å². The molecule has 174 valence electrons. The lowest BCUT2D eigenvalue weighted by molar-refractivity contribution is -0.196. The monoisotopic (exact) mass is 463 g/mol. The number of ketones is 1. The van der Waals surface area contributed by atoms with E-state index in [1.54, 1.807) is 6.92 Å². The van der Waals surface area contributed by atoms with E-state index in [-0.39, 0.29) is 24.2 Å². The molecule has 0 saturated carbocycles. The molecule has 0 unspecified atom stereocenters. The van der Waals surface area contributed by atoms with Gasteiger partial charge in [-0.25, -0.2) is 9.18 Å². The number of β-lactam (4-membered cyclic amide) rings is 1. The number of carbonyl (C=O) groups excluding carboxylic acids is 3. The van der Waals surface area contributed by atoms with Gasteiger partial charge in [0.25, 0.3) is 0 Å². The molecule has 1 aliphatic carbocycles. The third-order valence-corrected chi connectivity index (χ3v) is 7.91. The molecule has 2 aliphatic rings. The minimum Gasteiger partial charge on any atom is -0.474 e. The van der Waals surface area contributed by atoms with E-state index in [4.69, 9.17) is 4.43 Å². The zero-order valence-electron chi connectivity index (χ0n) is 19.3. The van der Waals surface area contributed by atoms with E-state index in [1.165, 1.54) is 18.2 Å². The number of carbonyl (C=O) groups is 4. The number of rotatable bonds is 4. The Hall–Kier alpha value is -2.39. The lowest BCUT2D eigenvalue weighted by Crippen LogP contribution is -2.76. The molecule has 1 heterocycles. The molecular weight excluding hydrogens is 433 g/mol. The van der Waals surface area contributed by atoms with Crippen LogP contribution < -0.4 is 0 Å². The highest BCUT2D eigenvalue weighted by Gasteiger charge is 2.66. The molecule has 2 amide bonds. The van der Waals surface area contributed by atoms with Crippen molar-refractivity contribution < 1.29 is 33.1 Å². The third-order valence-electron chi connectivity index (χ3n) is 6.95. The Morgan fingerprint density at radius 1 is 1.19 bits per heavy atom. The van der Waals surface area contributed by atoms with Crippen molar-refractivity contribution in [3.63, 3.8) is 0 Å². The molecule has 7 nitrogen and oxygen atoms in total. The predicted molar refractivity (Wildman–Crippen MR) is 117 cm³/mol. The largest absolute Gasteiger partial charge is 0.474 e. The lowest BCUT2D eigenvalue weighted by Gasteiger charge is -2.59. The summed E-state index contributed by atoms with van der Waals surface area (Å²) in [6, 6.07) is 3.31. The predicted octanol–water partition coefficient (Wildman–Crippen LogP) is 2.81. The summed E-state index contributed by atoms with van der Waals surface area (Å²) >= 11 is 0. The second-order valence-corrected chi connectivity index (χ2v) is 12.4. The number of nitrogens with zero attached hydrogens (tertiary/aromatic N) is 1. The molecule has 32 heavy (non-hydrogen) atoms. The lowest BCUT2D eigenvalue weighted by atomic mass is 9.59. The highest BCUT2D eigenvalue weighted by molar-refractivity contribution is 6.48. The van der Waals surface area contributed by atoms with Crippen LogP contribution in [-0.2, 0) is 25.2 Å². The summed E-state index contributed by atoms with van der Waals surface area (Å²) < 4.78 is 20.6. The summed E-state index contributed by atoms with van der Waals surface area (Å²) in [5.74, 6) is -6.30. The number of aliphatic carboxylic acids is 1. The third kappa shape index (κ3) is 3.71. The first-order valence-electron chi connectivity index (χ1n) is 10.8. The molecule has 0 aromatic heterocycles. The van der Waals surface area contributed by atoms with Gasteiger partial charge in [0.2, 0.25) is 5.91 Å². The summed E-state index contributed by atoms with van der Waals surface area (Å²) in [4.78, 5) is 51.3. The van der Waals surface area contributed by atoms with Gasteiger partial charge in [-0.05, 0) is 49.9 Å². The van der Waals surface area contributed by atoms with Gasteiger partial charge >= 0.3 is 11.9 Å². The molecule has 1 fully saturated rings. The maximum Gasteiger partial charge on any atom is 0.395 e. The molecule has 1 aromatic carbocycles. The number of likely N-dealkylation sites (tertiary alicyclic amines) is 1. The fourth-order valence-electron chi connectivity index (χ4n) is 5.03. The van der Waals surface area contributed by atoms with Crippen LogP contribution in [-0.4, -0.2) is 54.3 Å². The number of fused-ring (bicyclic) bond motifs is 1. The number of imide groups is 1. The fourth-order valence-corrected chi connectivity index (χ4v) is 6.51. The SMILES string of the molecule is C[SiH](C)O[C@](C)([C@H]1C(=O)N(C(=O)C(=O)O)[C@@H]1[C@H]1CCc2c(F)cccc2C1=O)C(C)(C)C. The Labute approximate surface area is 188 Å². The second-order valence-electron chi connectivity index (χ2n) is 10.1. The first kappa shape index (κ1) is 24.3. The van der Waals surface area contributed by atoms with Crippen LogP contribution in [0.2, 0.25) is 13.1 Å². The Kier molecular flexibility index (Phi) is 6.20. The molecule has 3 rings (SSSR count). The fraction of sp³-hybridized carbons (Fsp3) is 0.565. The average molecular weight is 464 g/mol. The smallest absolute Gasteiger partial charge is 0.395 e. The van der Waals surface area contributed by atoms with Crippen LogP contribution in [0.25, 0.3) is 0 Å². The van der Waals surface area contributed by atoms with Gasteiger partial charge in [0, 0.05) is 11.5 Å². The van der Waals surface area contributed by atoms with E-state index in [0.29, 0.717) is 10.5 Å². The van der Waals surface area contributed by atoms with Crippen molar-refractivity contribution in [2.45, 2.75) is 65.3 Å². The van der Waals surface area contributed by atoms with Crippen LogP contribution in [0.5, 0.6) is 0 Å². The summed E-state index contributed by atoms with van der Waals surface area (Å²) in [5, 5.41) is 9.30. The number of halogens is 1. The average Bonchev–Trinajstić information content (AvgIpc) is 2.66. The molecule has 1 saturated heterocycles. The number of carboxylic acids is 1. The standard InChI is InChI=1S/C23H30FNO6Si/c1-22(2,3)23(4,31-32(5)6)16-17(25(19(16)27)20(28)21(29)30)14-11-10-12-13(18(14)26)8-7-9-15(12)24/h7-9,14,16-17,32H,10-11H2,1-6H3,(H,29,30)/t14-,16-,17-,23-/m1/s1. The van der Waals surface area contributed by atoms with Crippen molar-refractivity contribution in [1.82, 2.24) is 4.90 Å². The number of hydrogen-bond acceptors (Lipinski definition) is 5. The Morgan fingerprint density at radius 2 is 1.81 bits per heavy atom. The maximum atomic E-state index is 14.2. The molecular formula is C23H30FNO6Si. The van der Waals surface area contributed by atoms with Gasteiger partial charge in [0.1, 0.15) is 5.82 Å². The van der Waals surface area contributed by atoms with E-state index in [2.05, 4.69) is 0 Å². The molecule has 0 bridgehead atoms. The van der Waals surface area contributed by atoms with Crippen LogP contribution in [0.1, 0.15) is 50.0 Å². The summed E-state index contributed by atoms with van der Waals surface area (Å²) in [5.41, 5.74) is -1.02. The summed E-state index contributed by atoms with van der Waals surface area (Å²) in [6.45, 7) is 11.5. The Balaban J connectivity index is 2.11. The van der Waals surface area contributed by atoms with Gasteiger partial charge in [0.05, 0.1) is 17.6 Å². The Morgan fingerprint density at radius 3 is 2.34 bits per heavy atom. The van der Waals surface area contributed by atoms with E-state index in [1.807, 2.05) is 33.9 Å². The summed E-state index contributed by atoms with van der Waals surface area (Å²) in [7, 11) is -1.68. The molecule has 1 aliphatic heterocycles. The van der Waals surface area contributed by atoms with Gasteiger partial charge in [-0.3, -0.25) is 19.3 Å². The number of hydrogen-bond donors (Lipinski definition) is 1. The van der Waals surface area contributed by atoms with Crippen molar-refractivity contribution >= 4 is 32.6 Å². The number of carboxylic acid groups (broad SMARTS) is 1. The minimum atomic E-state index is -1.76. The molecule has 1 aromatic rings. The van der Waals surface area contributed by atoms with Crippen molar-refractivity contribution in [3.8, 4) is 0 Å². The van der Waals surface area contributed by atoms with Gasteiger partial charge < -0.3 is 9.53 Å². The van der Waals surface area contributed by atoms with Crippen molar-refractivity contribution in [2.75, 3.05) is 0 Å². The van der Waals surface area contributed by atoms with Gasteiger partial charge in [-0.2, -0.15) is 0 Å². The van der Waals surface area contributed by atoms with E-state index >= 15 is 0 Å². The zero-order chi connectivity index (χ0) is 24.2. The highest BCUT2D eigenvalue weighted by Crippen LogP contribution is 2.51. The van der Waals surface area contributed by atoms with Crippen LogP contribution in [0.15, 0.2) is 18.2 Å². The van der Waals surface area contributed by atoms with Crippen LogP contribution in [0.4, 0.5) is 4.39 Å². The van der Waals surface area contributed by atoms with Crippen molar-refractivity contribution in [1.29, 1.82) is 0 Å². The first-order valence-corrected chi connectivity index (χ1v) is 13.6. The topological polar surface area (TPSA) is 101 Å². The van der Waals surface area contributed by atoms with E-state index < -0.39 is 61.5 Å². The molecule has 9 heteroatoms. The normalized spacial score (nSPS) is 25.2. The molecule has 4 atom stereocenters. The number of amides is 2. The van der Waals surface area contributed by atoms with Gasteiger partial charge in [-0.15, -0.1) is 0 Å². The number of Topliss-reactive ketones (excluding diaryl/α,β-unsaturated/α-hetero) is 1. The summed E-state index contributed by atoms with van der Waals surface area (Å²) in [6.07, 6.45) is 0.473. The van der Waals surface area contributed by atoms with Crippen LogP contribution in [0.3, 0.4) is 0 Å². The van der Waals surface area contributed by atoms with E-state index in [0.717, 1.165) is 0 Å². The van der Waals surface area contributed by atoms with Crippen LogP contribution in [0, 0.1) is 23.1 Å². The first-order chi connectivity index (χ1) is 14.7.